The molecule has 2 amide bonds. The maximum Gasteiger partial charge on any atom is 0.313 e. The van der Waals surface area contributed by atoms with Gasteiger partial charge in [0.05, 0.1) is 30.8 Å². The SMILES string of the molecule is CCN(CC)c1ccc(N2CC=C[C@]34O[C@@]5(C)/C=C\CCCOC(=O)[C@H]5[C@H]3C(=O)N([C@@H](CO)Cc3ccccc3)C4C2=O)cc1. The summed E-state index contributed by atoms with van der Waals surface area (Å²) in [5, 5.41) is 10.8. The number of rotatable bonds is 8. The standard InChI is InChI=1S/C36H43N3O6/c1-4-37(5-2)26-15-17-27(18-16-26)38-21-12-20-36-29(30-34(43)44-22-11-7-10-19-35(30,3)45-36)32(41)39(31(36)33(38)42)28(24-40)23-25-13-8-6-9-14-25/h6,8-10,12-20,28-31,40H,4-5,7,11,21-24H2,1-3H3/b19-10-/t28-,29+,30-,31?,35+,36+/m1/s1. The van der Waals surface area contributed by atoms with Crippen LogP contribution in [-0.4, -0.2) is 83.9 Å². The molecule has 0 radical (unpaired) electrons. The Balaban J connectivity index is 1.46. The highest BCUT2D eigenvalue weighted by Crippen LogP contribution is 2.57. The number of allylic oxidation sites excluding steroid dienone is 1. The zero-order valence-electron chi connectivity index (χ0n) is 26.3. The molecule has 6 atom stereocenters. The number of hydrogen-bond donors (Lipinski definition) is 1. The smallest absolute Gasteiger partial charge is 0.313 e. The van der Waals surface area contributed by atoms with E-state index in [4.69, 9.17) is 9.47 Å². The van der Waals surface area contributed by atoms with Crippen LogP contribution < -0.4 is 9.80 Å². The van der Waals surface area contributed by atoms with Crippen LogP contribution in [0.1, 0.15) is 39.2 Å². The first-order valence-electron chi connectivity index (χ1n) is 16.1. The van der Waals surface area contributed by atoms with Crippen molar-refractivity contribution in [2.75, 3.05) is 42.6 Å². The molecule has 0 bridgehead atoms. The molecule has 4 aliphatic rings. The Morgan fingerprint density at radius 3 is 2.38 bits per heavy atom. The maximum atomic E-state index is 14.9. The first-order chi connectivity index (χ1) is 21.8. The second-order valence-electron chi connectivity index (χ2n) is 12.5. The second kappa shape index (κ2) is 12.4. The summed E-state index contributed by atoms with van der Waals surface area (Å²) in [6, 6.07) is 15.6. The Kier molecular flexibility index (Phi) is 8.59. The fraction of sp³-hybridized carbons (Fsp3) is 0.472. The predicted molar refractivity (Wildman–Crippen MR) is 172 cm³/mol. The summed E-state index contributed by atoms with van der Waals surface area (Å²) in [7, 11) is 0. The molecule has 2 aromatic rings. The van der Waals surface area contributed by atoms with E-state index in [-0.39, 0.29) is 31.6 Å². The fourth-order valence-corrected chi connectivity index (χ4v) is 7.77. The highest BCUT2D eigenvalue weighted by Gasteiger charge is 2.75. The topological polar surface area (TPSA) is 99.6 Å². The number of cyclic esters (lactones) is 1. The minimum Gasteiger partial charge on any atom is -0.465 e. The van der Waals surface area contributed by atoms with E-state index in [1.807, 2.05) is 85.8 Å². The van der Waals surface area contributed by atoms with Crippen molar-refractivity contribution in [1.29, 1.82) is 0 Å². The van der Waals surface area contributed by atoms with E-state index in [9.17, 15) is 19.5 Å². The third-order valence-electron chi connectivity index (χ3n) is 9.90. The van der Waals surface area contributed by atoms with Gasteiger partial charge in [-0.2, -0.15) is 0 Å². The molecule has 1 unspecified atom stereocenters. The zero-order chi connectivity index (χ0) is 31.8. The largest absolute Gasteiger partial charge is 0.465 e. The number of anilines is 2. The van der Waals surface area contributed by atoms with Crippen molar-refractivity contribution < 1.29 is 29.0 Å². The summed E-state index contributed by atoms with van der Waals surface area (Å²) in [6.45, 7) is 7.90. The van der Waals surface area contributed by atoms with Crippen molar-refractivity contribution in [3.8, 4) is 0 Å². The fourth-order valence-electron chi connectivity index (χ4n) is 7.77. The summed E-state index contributed by atoms with van der Waals surface area (Å²) >= 11 is 0. The van der Waals surface area contributed by atoms with Crippen molar-refractivity contribution in [3.05, 3.63) is 84.5 Å². The van der Waals surface area contributed by atoms with Crippen LogP contribution in [0, 0.1) is 11.8 Å². The Labute approximate surface area is 265 Å². The van der Waals surface area contributed by atoms with Crippen LogP contribution in [0.3, 0.4) is 0 Å². The molecule has 4 aliphatic heterocycles. The van der Waals surface area contributed by atoms with Gasteiger partial charge in [0.2, 0.25) is 5.91 Å². The van der Waals surface area contributed by atoms with Crippen LogP contribution in [0.2, 0.25) is 0 Å². The number of fused-ring (bicyclic) bond motifs is 2. The van der Waals surface area contributed by atoms with Gasteiger partial charge in [-0.25, -0.2) is 0 Å². The molecule has 9 heteroatoms. The number of esters is 1. The molecular weight excluding hydrogens is 570 g/mol. The summed E-state index contributed by atoms with van der Waals surface area (Å²) in [6.07, 6.45) is 9.25. The van der Waals surface area contributed by atoms with Crippen molar-refractivity contribution in [3.63, 3.8) is 0 Å². The molecule has 0 saturated carbocycles. The Morgan fingerprint density at radius 2 is 1.69 bits per heavy atom. The van der Waals surface area contributed by atoms with E-state index in [0.717, 1.165) is 24.3 Å². The Bertz CT molecular complexity index is 1470. The van der Waals surface area contributed by atoms with E-state index >= 15 is 0 Å². The molecule has 0 aromatic heterocycles. The number of benzene rings is 2. The number of likely N-dealkylation sites (tertiary alicyclic amines) is 1. The molecule has 2 aromatic carbocycles. The predicted octanol–water partition coefficient (Wildman–Crippen LogP) is 3.90. The Hall–Kier alpha value is -3.95. The van der Waals surface area contributed by atoms with E-state index in [0.29, 0.717) is 24.9 Å². The van der Waals surface area contributed by atoms with Gasteiger partial charge in [-0.15, -0.1) is 0 Å². The van der Waals surface area contributed by atoms with Crippen molar-refractivity contribution in [2.45, 2.75) is 63.3 Å². The van der Waals surface area contributed by atoms with Gasteiger partial charge in [0.25, 0.3) is 5.91 Å². The second-order valence-corrected chi connectivity index (χ2v) is 12.5. The monoisotopic (exact) mass is 613 g/mol. The van der Waals surface area contributed by atoms with Crippen LogP contribution in [0.4, 0.5) is 11.4 Å². The minimum atomic E-state index is -1.43. The van der Waals surface area contributed by atoms with Gasteiger partial charge in [-0.1, -0.05) is 54.6 Å². The lowest BCUT2D eigenvalue weighted by molar-refractivity contribution is -0.159. The van der Waals surface area contributed by atoms with Crippen molar-refractivity contribution in [1.82, 2.24) is 4.90 Å². The van der Waals surface area contributed by atoms with E-state index in [1.165, 1.54) is 4.90 Å². The third kappa shape index (κ3) is 5.25. The molecule has 1 spiro atoms. The molecule has 6 rings (SSSR count). The van der Waals surface area contributed by atoms with Gasteiger partial charge in [0.1, 0.15) is 17.6 Å². The number of aliphatic hydroxyl groups excluding tert-OH is 1. The summed E-state index contributed by atoms with van der Waals surface area (Å²) in [4.78, 5) is 48.8. The van der Waals surface area contributed by atoms with E-state index in [1.54, 1.807) is 4.90 Å². The van der Waals surface area contributed by atoms with Crippen LogP contribution >= 0.6 is 0 Å². The molecule has 45 heavy (non-hydrogen) atoms. The highest BCUT2D eigenvalue weighted by molar-refractivity contribution is 6.06. The van der Waals surface area contributed by atoms with Crippen LogP contribution in [0.5, 0.6) is 0 Å². The van der Waals surface area contributed by atoms with Crippen LogP contribution in [0.15, 0.2) is 78.9 Å². The lowest BCUT2D eigenvalue weighted by atomic mass is 9.74. The van der Waals surface area contributed by atoms with E-state index in [2.05, 4.69) is 18.7 Å². The van der Waals surface area contributed by atoms with Gasteiger partial charge in [-0.3, -0.25) is 14.4 Å². The van der Waals surface area contributed by atoms with Crippen molar-refractivity contribution >= 4 is 29.2 Å². The molecule has 0 aliphatic carbocycles. The maximum absolute atomic E-state index is 14.9. The van der Waals surface area contributed by atoms with Gasteiger partial charge >= 0.3 is 5.97 Å². The number of aliphatic hydroxyl groups is 1. The first-order valence-corrected chi connectivity index (χ1v) is 16.1. The van der Waals surface area contributed by atoms with Gasteiger partial charge < -0.3 is 29.3 Å². The normalized spacial score (nSPS) is 30.8. The summed E-state index contributed by atoms with van der Waals surface area (Å²) < 4.78 is 12.6. The number of ether oxygens (including phenoxy) is 2. The molecule has 9 nitrogen and oxygen atoms in total. The van der Waals surface area contributed by atoms with Gasteiger partial charge in [0, 0.05) is 31.0 Å². The van der Waals surface area contributed by atoms with Gasteiger partial charge in [-0.05, 0) is 69.9 Å². The van der Waals surface area contributed by atoms with Crippen molar-refractivity contribution in [2.24, 2.45) is 11.8 Å². The zero-order valence-corrected chi connectivity index (χ0v) is 26.3. The average molecular weight is 614 g/mol. The molecule has 238 valence electrons. The lowest BCUT2D eigenvalue weighted by Gasteiger charge is -2.40. The number of nitrogens with zero attached hydrogens (tertiary/aromatic N) is 3. The molecule has 1 N–H and O–H groups in total. The van der Waals surface area contributed by atoms with Crippen LogP contribution in [-0.2, 0) is 30.3 Å². The summed E-state index contributed by atoms with van der Waals surface area (Å²) in [5.74, 6) is -3.16. The lowest BCUT2D eigenvalue weighted by Crippen LogP contribution is -2.59. The average Bonchev–Trinajstić information content (AvgIpc) is 3.40. The molecule has 2 saturated heterocycles. The Morgan fingerprint density at radius 1 is 0.956 bits per heavy atom. The highest BCUT2D eigenvalue weighted by atomic mass is 16.6. The number of amides is 2. The number of carbonyl (C=O) groups excluding carboxylic acids is 3. The molecular formula is C36H43N3O6. The minimum absolute atomic E-state index is 0.246. The van der Waals surface area contributed by atoms with E-state index < -0.39 is 41.1 Å². The molecule has 4 heterocycles. The van der Waals surface area contributed by atoms with Gasteiger partial charge in [0.15, 0.2) is 0 Å². The number of hydrogen-bond acceptors (Lipinski definition) is 7. The summed E-state index contributed by atoms with van der Waals surface area (Å²) in [5.41, 5.74) is 0.0831. The first kappa shape index (κ1) is 31.0. The quantitative estimate of drug-likeness (QED) is 0.356. The van der Waals surface area contributed by atoms with Crippen LogP contribution in [0.25, 0.3) is 0 Å². The third-order valence-corrected chi connectivity index (χ3v) is 9.90. The molecule has 2 fully saturated rings. The number of carbonyl (C=O) groups is 3.